The van der Waals surface area contributed by atoms with Crippen LogP contribution in [0.15, 0.2) is 5.38 Å². The predicted octanol–water partition coefficient (Wildman–Crippen LogP) is 1.94. The molecule has 1 aromatic rings. The third-order valence-corrected chi connectivity index (χ3v) is 6.12. The van der Waals surface area contributed by atoms with E-state index < -0.39 is 10.8 Å². The van der Waals surface area contributed by atoms with E-state index in [1.165, 1.54) is 11.8 Å². The van der Waals surface area contributed by atoms with Crippen molar-refractivity contribution in [2.45, 2.75) is 50.8 Å². The van der Waals surface area contributed by atoms with Crippen molar-refractivity contribution in [2.75, 3.05) is 12.3 Å². The fraction of sp³-hybridized carbons (Fsp3) is 0.667. The van der Waals surface area contributed by atoms with Crippen molar-refractivity contribution in [3.63, 3.8) is 0 Å². The number of thioether (sulfide) groups is 1. The number of nitrogens with zero attached hydrogens (tertiary/aromatic N) is 1. The van der Waals surface area contributed by atoms with Gasteiger partial charge in [-0.05, 0) is 13.8 Å². The van der Waals surface area contributed by atoms with Gasteiger partial charge >= 0.3 is 0 Å². The minimum absolute atomic E-state index is 0.0787. The summed E-state index contributed by atoms with van der Waals surface area (Å²) in [6.07, 6.45) is 0.717. The largest absolute Gasteiger partial charge is 0.354 e. The lowest BCUT2D eigenvalue weighted by Gasteiger charge is -2.32. The second-order valence-corrected chi connectivity index (χ2v) is 8.75. The molecule has 0 unspecified atom stereocenters. The molecule has 1 fully saturated rings. The fourth-order valence-electron chi connectivity index (χ4n) is 2.01. The van der Waals surface area contributed by atoms with Crippen molar-refractivity contribution < 1.29 is 9.59 Å². The molecule has 1 saturated heterocycles. The summed E-state index contributed by atoms with van der Waals surface area (Å²) in [6.45, 7) is 8.52. The summed E-state index contributed by atoms with van der Waals surface area (Å²) >= 11 is 3.18. The van der Waals surface area contributed by atoms with Crippen LogP contribution in [0.4, 0.5) is 0 Å². The van der Waals surface area contributed by atoms with Crippen LogP contribution in [-0.2, 0) is 16.0 Å². The molecule has 1 aliphatic heterocycles. The number of carbonyl (C=O) groups excluding carboxylic acids is 2. The first-order chi connectivity index (χ1) is 10.3. The molecule has 0 spiro atoms. The molecule has 7 heteroatoms. The van der Waals surface area contributed by atoms with Gasteiger partial charge < -0.3 is 10.6 Å². The number of carbonyl (C=O) groups is 2. The van der Waals surface area contributed by atoms with Crippen LogP contribution in [0, 0.1) is 0 Å². The van der Waals surface area contributed by atoms with Gasteiger partial charge in [-0.15, -0.1) is 23.1 Å². The summed E-state index contributed by atoms with van der Waals surface area (Å²) in [7, 11) is 0. The van der Waals surface area contributed by atoms with Gasteiger partial charge in [-0.2, -0.15) is 0 Å². The molecule has 1 aliphatic rings. The number of nitrogens with one attached hydrogen (secondary N) is 2. The van der Waals surface area contributed by atoms with E-state index in [2.05, 4.69) is 29.5 Å². The fourth-order valence-corrected chi connectivity index (χ4v) is 3.89. The van der Waals surface area contributed by atoms with E-state index in [4.69, 9.17) is 0 Å². The summed E-state index contributed by atoms with van der Waals surface area (Å²) in [5, 5.41) is 8.84. The third-order valence-electron chi connectivity index (χ3n) is 3.52. The molecule has 22 heavy (non-hydrogen) atoms. The van der Waals surface area contributed by atoms with Crippen LogP contribution < -0.4 is 10.6 Å². The maximum Gasteiger partial charge on any atom is 0.243 e. The molecular formula is C15H23N3O2S2. The number of amides is 2. The van der Waals surface area contributed by atoms with Gasteiger partial charge in [0.1, 0.15) is 6.04 Å². The Hall–Kier alpha value is -1.08. The summed E-state index contributed by atoms with van der Waals surface area (Å²) in [5.74, 6) is 0.852. The molecule has 2 heterocycles. The number of hydrogen-bond donors (Lipinski definition) is 2. The van der Waals surface area contributed by atoms with Crippen LogP contribution >= 0.6 is 23.1 Å². The molecule has 1 atom stereocenters. The van der Waals surface area contributed by atoms with Crippen LogP contribution in [0.5, 0.6) is 0 Å². The average molecular weight is 342 g/mol. The van der Waals surface area contributed by atoms with E-state index in [1.54, 1.807) is 11.3 Å². The Morgan fingerprint density at radius 3 is 2.86 bits per heavy atom. The first-order valence-electron chi connectivity index (χ1n) is 7.46. The van der Waals surface area contributed by atoms with Crippen molar-refractivity contribution in [1.29, 1.82) is 0 Å². The molecule has 0 bridgehead atoms. The monoisotopic (exact) mass is 341 g/mol. The topological polar surface area (TPSA) is 71.1 Å². The zero-order valence-corrected chi connectivity index (χ0v) is 15.1. The Bertz CT molecular complexity index is 555. The Kier molecular flexibility index (Phi) is 5.50. The van der Waals surface area contributed by atoms with Gasteiger partial charge in [0.2, 0.25) is 11.8 Å². The molecule has 5 nitrogen and oxygen atoms in total. The van der Waals surface area contributed by atoms with Crippen LogP contribution in [0.25, 0.3) is 0 Å². The van der Waals surface area contributed by atoms with Gasteiger partial charge in [-0.1, -0.05) is 13.8 Å². The maximum absolute atomic E-state index is 12.1. The molecular weight excluding hydrogens is 318 g/mol. The predicted molar refractivity (Wildman–Crippen MR) is 91.4 cm³/mol. The smallest absolute Gasteiger partial charge is 0.243 e. The van der Waals surface area contributed by atoms with E-state index in [0.717, 1.165) is 10.7 Å². The maximum atomic E-state index is 12.1. The molecule has 0 aromatic carbocycles. The standard InChI is InChI=1S/C15H23N3O2S2/c1-9(2)13-17-10(7-21-13)5-6-16-12(19)11-8-22-15(3,4)14(20)18-11/h7,9,11H,5-6,8H2,1-4H3,(H,16,19)(H,18,20)/t11-/m1/s1. The first kappa shape index (κ1) is 17.3. The lowest BCUT2D eigenvalue weighted by Crippen LogP contribution is -2.57. The molecule has 2 N–H and O–H groups in total. The molecule has 2 rings (SSSR count). The lowest BCUT2D eigenvalue weighted by atomic mass is 10.1. The quantitative estimate of drug-likeness (QED) is 0.858. The van der Waals surface area contributed by atoms with Crippen LogP contribution in [0.2, 0.25) is 0 Å². The van der Waals surface area contributed by atoms with Crippen molar-refractivity contribution in [3.05, 3.63) is 16.1 Å². The van der Waals surface area contributed by atoms with Crippen molar-refractivity contribution in [1.82, 2.24) is 15.6 Å². The van der Waals surface area contributed by atoms with Gasteiger partial charge in [0.15, 0.2) is 0 Å². The average Bonchev–Trinajstić information content (AvgIpc) is 2.91. The van der Waals surface area contributed by atoms with Gasteiger partial charge in [0.05, 0.1) is 15.4 Å². The Morgan fingerprint density at radius 1 is 1.55 bits per heavy atom. The highest BCUT2D eigenvalue weighted by molar-refractivity contribution is 8.01. The van der Waals surface area contributed by atoms with Crippen LogP contribution in [-0.4, -0.2) is 39.9 Å². The van der Waals surface area contributed by atoms with Crippen molar-refractivity contribution in [3.8, 4) is 0 Å². The van der Waals surface area contributed by atoms with E-state index >= 15 is 0 Å². The molecule has 1 aromatic heterocycles. The minimum atomic E-state index is -0.454. The van der Waals surface area contributed by atoms with Crippen molar-refractivity contribution >= 4 is 34.9 Å². The Morgan fingerprint density at radius 2 is 2.27 bits per heavy atom. The summed E-state index contributed by atoms with van der Waals surface area (Å²) in [5.41, 5.74) is 1.01. The minimum Gasteiger partial charge on any atom is -0.354 e. The van der Waals surface area contributed by atoms with Crippen LogP contribution in [0.3, 0.4) is 0 Å². The Labute approximate surface area is 139 Å². The zero-order valence-electron chi connectivity index (χ0n) is 13.4. The van der Waals surface area contributed by atoms with Gasteiger partial charge in [-0.25, -0.2) is 4.98 Å². The highest BCUT2D eigenvalue weighted by Crippen LogP contribution is 2.28. The Balaban J connectivity index is 1.77. The molecule has 2 amide bonds. The number of aromatic nitrogens is 1. The van der Waals surface area contributed by atoms with E-state index in [9.17, 15) is 9.59 Å². The normalized spacial score (nSPS) is 20.8. The van der Waals surface area contributed by atoms with Gasteiger partial charge in [0.25, 0.3) is 0 Å². The van der Waals surface area contributed by atoms with E-state index in [0.29, 0.717) is 24.6 Å². The number of hydrogen-bond acceptors (Lipinski definition) is 5. The van der Waals surface area contributed by atoms with E-state index in [-0.39, 0.29) is 11.8 Å². The first-order valence-corrected chi connectivity index (χ1v) is 9.33. The SMILES string of the molecule is CC(C)c1nc(CCNC(=O)[C@H]2CSC(C)(C)C(=O)N2)cs1. The zero-order chi connectivity index (χ0) is 16.3. The second kappa shape index (κ2) is 7.00. The van der Waals surface area contributed by atoms with Gasteiger partial charge in [0, 0.05) is 30.0 Å². The lowest BCUT2D eigenvalue weighted by molar-refractivity contribution is -0.129. The molecule has 0 aliphatic carbocycles. The summed E-state index contributed by atoms with van der Waals surface area (Å²) < 4.78 is -0.454. The summed E-state index contributed by atoms with van der Waals surface area (Å²) in [6, 6.07) is -0.438. The molecule has 122 valence electrons. The second-order valence-electron chi connectivity index (χ2n) is 6.22. The summed E-state index contributed by atoms with van der Waals surface area (Å²) in [4.78, 5) is 28.5. The molecule has 0 saturated carbocycles. The van der Waals surface area contributed by atoms with Crippen molar-refractivity contribution in [2.24, 2.45) is 0 Å². The van der Waals surface area contributed by atoms with Crippen LogP contribution in [0.1, 0.15) is 44.3 Å². The number of rotatable bonds is 5. The third kappa shape index (κ3) is 4.23. The highest BCUT2D eigenvalue weighted by Gasteiger charge is 2.37. The van der Waals surface area contributed by atoms with Gasteiger partial charge in [-0.3, -0.25) is 9.59 Å². The number of thiazole rings is 1. The van der Waals surface area contributed by atoms with E-state index in [1.807, 2.05) is 19.2 Å². The highest BCUT2D eigenvalue weighted by atomic mass is 32.2. The molecule has 0 radical (unpaired) electrons.